The van der Waals surface area contributed by atoms with E-state index >= 15 is 0 Å². The van der Waals surface area contributed by atoms with Crippen LogP contribution in [0.2, 0.25) is 0 Å². The van der Waals surface area contributed by atoms with Gasteiger partial charge in [-0.3, -0.25) is 19.7 Å². The normalized spacial score (nSPS) is 14.9. The van der Waals surface area contributed by atoms with Crippen LogP contribution in [0.3, 0.4) is 0 Å². The van der Waals surface area contributed by atoms with E-state index in [1.165, 1.54) is 20.1 Å². The number of hydrogen-bond donors (Lipinski definition) is 2. The Labute approximate surface area is 167 Å². The third-order valence-electron chi connectivity index (χ3n) is 4.74. The molecule has 0 bridgehead atoms. The molecule has 0 fully saturated rings. The molecule has 2 aromatic rings. The molecule has 0 saturated carbocycles. The zero-order chi connectivity index (χ0) is 21.1. The second-order valence-electron chi connectivity index (χ2n) is 6.90. The fraction of sp³-hybridized carbons (Fsp3) is 0.300. The van der Waals surface area contributed by atoms with Gasteiger partial charge in [0.05, 0.1) is 24.3 Å². The van der Waals surface area contributed by atoms with Gasteiger partial charge in [-0.15, -0.1) is 0 Å². The Hall–Kier alpha value is -3.62. The summed E-state index contributed by atoms with van der Waals surface area (Å²) in [5.41, 5.74) is 2.70. The number of hydrogen-bond acceptors (Lipinski definition) is 6. The third kappa shape index (κ3) is 4.45. The van der Waals surface area contributed by atoms with Crippen LogP contribution in [0, 0.1) is 10.1 Å². The van der Waals surface area contributed by atoms with Gasteiger partial charge in [0.2, 0.25) is 11.8 Å². The molecule has 0 aliphatic carbocycles. The molecule has 2 aromatic carbocycles. The van der Waals surface area contributed by atoms with Crippen LogP contribution in [0.5, 0.6) is 5.75 Å². The highest BCUT2D eigenvalue weighted by Gasteiger charge is 2.29. The first-order chi connectivity index (χ1) is 13.8. The number of rotatable bonds is 6. The number of amides is 2. The van der Waals surface area contributed by atoms with Crippen LogP contribution in [-0.4, -0.2) is 36.4 Å². The van der Waals surface area contributed by atoms with Crippen molar-refractivity contribution in [1.82, 2.24) is 0 Å². The number of methoxy groups -OCH3 is 1. The first kappa shape index (κ1) is 20.1. The zero-order valence-electron chi connectivity index (χ0n) is 16.4. The van der Waals surface area contributed by atoms with Crippen molar-refractivity contribution in [3.63, 3.8) is 0 Å². The minimum Gasteiger partial charge on any atom is -0.495 e. The predicted octanol–water partition coefficient (Wildman–Crippen LogP) is 2.95. The van der Waals surface area contributed by atoms with Crippen LogP contribution in [0.15, 0.2) is 36.4 Å². The minimum atomic E-state index is -0.422. The Bertz CT molecular complexity index is 975. The molecule has 1 aliphatic heterocycles. The highest BCUT2D eigenvalue weighted by atomic mass is 16.6. The van der Waals surface area contributed by atoms with Crippen molar-refractivity contribution in [2.45, 2.75) is 26.3 Å². The van der Waals surface area contributed by atoms with Crippen molar-refractivity contribution >= 4 is 34.6 Å². The van der Waals surface area contributed by atoms with E-state index in [0.29, 0.717) is 23.5 Å². The first-order valence-electron chi connectivity index (χ1n) is 9.08. The van der Waals surface area contributed by atoms with Gasteiger partial charge in [-0.2, -0.15) is 0 Å². The minimum absolute atomic E-state index is 0.0327. The van der Waals surface area contributed by atoms with Crippen molar-refractivity contribution in [2.75, 3.05) is 29.2 Å². The lowest BCUT2D eigenvalue weighted by Crippen LogP contribution is -2.37. The Morgan fingerprint density at radius 3 is 2.66 bits per heavy atom. The van der Waals surface area contributed by atoms with Gasteiger partial charge >= 0.3 is 0 Å². The number of nitrogens with one attached hydrogen (secondary N) is 2. The van der Waals surface area contributed by atoms with Crippen LogP contribution in [0.25, 0.3) is 0 Å². The number of ether oxygens (including phenoxy) is 1. The lowest BCUT2D eigenvalue weighted by atomic mass is 10.1. The van der Waals surface area contributed by atoms with Crippen molar-refractivity contribution in [3.05, 3.63) is 52.1 Å². The molecule has 0 unspecified atom stereocenters. The molecule has 1 heterocycles. The van der Waals surface area contributed by atoms with E-state index in [1.807, 2.05) is 11.8 Å². The number of anilines is 3. The van der Waals surface area contributed by atoms with Gasteiger partial charge in [0, 0.05) is 36.5 Å². The van der Waals surface area contributed by atoms with Gasteiger partial charge in [-0.05, 0) is 43.2 Å². The lowest BCUT2D eigenvalue weighted by molar-refractivity contribution is -0.384. The molecule has 1 atom stereocenters. The fourth-order valence-electron chi connectivity index (χ4n) is 3.47. The molecule has 0 saturated heterocycles. The second kappa shape index (κ2) is 8.17. The molecular weight excluding hydrogens is 376 g/mol. The molecule has 2 amide bonds. The molecule has 0 radical (unpaired) electrons. The maximum absolute atomic E-state index is 12.7. The number of fused-ring (bicyclic) bond motifs is 1. The summed E-state index contributed by atoms with van der Waals surface area (Å²) < 4.78 is 5.28. The van der Waals surface area contributed by atoms with E-state index in [9.17, 15) is 19.7 Å². The molecule has 3 rings (SSSR count). The summed E-state index contributed by atoms with van der Waals surface area (Å²) >= 11 is 0. The number of carbonyl (C=O) groups excluding carboxylic acids is 2. The monoisotopic (exact) mass is 398 g/mol. The van der Waals surface area contributed by atoms with E-state index in [0.717, 1.165) is 11.3 Å². The summed E-state index contributed by atoms with van der Waals surface area (Å²) in [7, 11) is 1.49. The third-order valence-corrected chi connectivity index (χ3v) is 4.74. The van der Waals surface area contributed by atoms with Crippen LogP contribution in [0.1, 0.15) is 19.4 Å². The highest BCUT2D eigenvalue weighted by molar-refractivity contribution is 5.97. The Kier molecular flexibility index (Phi) is 5.67. The van der Waals surface area contributed by atoms with Crippen LogP contribution in [0.4, 0.5) is 22.7 Å². The number of nitro groups is 1. The number of nitro benzene ring substituents is 1. The molecule has 9 nitrogen and oxygen atoms in total. The Morgan fingerprint density at radius 1 is 1.24 bits per heavy atom. The average Bonchev–Trinajstić information content (AvgIpc) is 2.96. The van der Waals surface area contributed by atoms with Crippen LogP contribution >= 0.6 is 0 Å². The molecule has 2 N–H and O–H groups in total. The molecular formula is C20H22N4O5. The average molecular weight is 398 g/mol. The smallest absolute Gasteiger partial charge is 0.269 e. The molecule has 152 valence electrons. The Balaban J connectivity index is 1.76. The standard InChI is InChI=1S/C20H22N4O5/c1-12-8-14-9-16(24(27)28)5-6-18(14)23(12)11-20(26)22-17-10-15(21-13(2)25)4-7-19(17)29-3/h4-7,9-10,12H,8,11H2,1-3H3,(H,21,25)(H,22,26)/t12-/m1/s1. The number of carbonyl (C=O) groups is 2. The van der Waals surface area contributed by atoms with Gasteiger partial charge in [-0.25, -0.2) is 0 Å². The van der Waals surface area contributed by atoms with Crippen molar-refractivity contribution in [2.24, 2.45) is 0 Å². The summed E-state index contributed by atoms with van der Waals surface area (Å²) in [5, 5.41) is 16.5. The van der Waals surface area contributed by atoms with E-state index in [2.05, 4.69) is 10.6 Å². The van der Waals surface area contributed by atoms with E-state index in [4.69, 9.17) is 4.74 Å². The number of non-ortho nitro benzene ring substituents is 1. The van der Waals surface area contributed by atoms with Gasteiger partial charge in [0.15, 0.2) is 0 Å². The quantitative estimate of drug-likeness (QED) is 0.571. The van der Waals surface area contributed by atoms with Crippen molar-refractivity contribution in [1.29, 1.82) is 0 Å². The zero-order valence-corrected chi connectivity index (χ0v) is 16.4. The number of nitrogens with zero attached hydrogens (tertiary/aromatic N) is 2. The van der Waals surface area contributed by atoms with Crippen LogP contribution < -0.4 is 20.3 Å². The van der Waals surface area contributed by atoms with Gasteiger partial charge in [0.1, 0.15) is 5.75 Å². The SMILES string of the molecule is COc1ccc(NC(C)=O)cc1NC(=O)CN1c2ccc([N+](=O)[O-])cc2C[C@H]1C. The van der Waals surface area contributed by atoms with Gasteiger partial charge < -0.3 is 20.3 Å². The van der Waals surface area contributed by atoms with Crippen LogP contribution in [-0.2, 0) is 16.0 Å². The lowest BCUT2D eigenvalue weighted by Gasteiger charge is -2.24. The maximum atomic E-state index is 12.7. The van der Waals surface area contributed by atoms with E-state index in [-0.39, 0.29) is 30.1 Å². The van der Waals surface area contributed by atoms with Gasteiger partial charge in [-0.1, -0.05) is 0 Å². The summed E-state index contributed by atoms with van der Waals surface area (Å²) in [6, 6.07) is 9.69. The molecule has 9 heteroatoms. The van der Waals surface area contributed by atoms with Gasteiger partial charge in [0.25, 0.3) is 5.69 Å². The fourth-order valence-corrected chi connectivity index (χ4v) is 3.47. The second-order valence-corrected chi connectivity index (χ2v) is 6.90. The molecule has 29 heavy (non-hydrogen) atoms. The summed E-state index contributed by atoms with van der Waals surface area (Å²) in [6.07, 6.45) is 0.631. The Morgan fingerprint density at radius 2 is 2.00 bits per heavy atom. The highest BCUT2D eigenvalue weighted by Crippen LogP contribution is 2.35. The number of benzene rings is 2. The topological polar surface area (TPSA) is 114 Å². The molecule has 1 aliphatic rings. The maximum Gasteiger partial charge on any atom is 0.269 e. The molecule has 0 aromatic heterocycles. The summed E-state index contributed by atoms with van der Waals surface area (Å²) in [4.78, 5) is 36.5. The molecule has 0 spiro atoms. The van der Waals surface area contributed by atoms with E-state index < -0.39 is 4.92 Å². The van der Waals surface area contributed by atoms with Crippen molar-refractivity contribution < 1.29 is 19.2 Å². The summed E-state index contributed by atoms with van der Waals surface area (Å²) in [6.45, 7) is 3.45. The predicted molar refractivity (Wildman–Crippen MR) is 110 cm³/mol. The first-order valence-corrected chi connectivity index (χ1v) is 9.08. The van der Waals surface area contributed by atoms with E-state index in [1.54, 1.807) is 30.3 Å². The largest absolute Gasteiger partial charge is 0.495 e. The van der Waals surface area contributed by atoms with Crippen molar-refractivity contribution in [3.8, 4) is 5.75 Å². The summed E-state index contributed by atoms with van der Waals surface area (Å²) in [5.74, 6) is -0.0108.